The Labute approximate surface area is 122 Å². The molecule has 0 spiro atoms. The van der Waals surface area contributed by atoms with Gasteiger partial charge in [-0.15, -0.1) is 0 Å². The minimum absolute atomic E-state index is 0.0142. The van der Waals surface area contributed by atoms with Crippen molar-refractivity contribution >= 4 is 11.6 Å². The number of pyridine rings is 1. The van der Waals surface area contributed by atoms with E-state index in [1.54, 1.807) is 26.6 Å². The standard InChI is InChI=1S/C16H16N2O3/c1-20-11-7-13-16(14(8-11)21-2)12(9-15(19)18-13)10-3-5-17-6-4-10/h3-8,12H,9H2,1-2H3,(H,18,19)/t12-/m0/s1. The number of aromatic nitrogens is 1. The van der Waals surface area contributed by atoms with Gasteiger partial charge in [-0.1, -0.05) is 0 Å². The molecular formula is C16H16N2O3. The molecule has 21 heavy (non-hydrogen) atoms. The summed E-state index contributed by atoms with van der Waals surface area (Å²) >= 11 is 0. The number of carbonyl (C=O) groups excluding carboxylic acids is 1. The van der Waals surface area contributed by atoms with Crippen molar-refractivity contribution in [2.24, 2.45) is 0 Å². The number of carbonyl (C=O) groups is 1. The molecule has 0 radical (unpaired) electrons. The van der Waals surface area contributed by atoms with E-state index in [1.165, 1.54) is 0 Å². The molecule has 1 aliphatic heterocycles. The zero-order valence-electron chi connectivity index (χ0n) is 11.9. The molecule has 1 N–H and O–H groups in total. The maximum absolute atomic E-state index is 12.0. The third-order valence-corrected chi connectivity index (χ3v) is 3.69. The maximum Gasteiger partial charge on any atom is 0.225 e. The Bertz CT molecular complexity index is 671. The predicted molar refractivity (Wildman–Crippen MR) is 78.9 cm³/mol. The van der Waals surface area contributed by atoms with Crippen LogP contribution in [0.3, 0.4) is 0 Å². The number of benzene rings is 1. The van der Waals surface area contributed by atoms with Crippen molar-refractivity contribution < 1.29 is 14.3 Å². The lowest BCUT2D eigenvalue weighted by molar-refractivity contribution is -0.116. The molecule has 3 rings (SSSR count). The van der Waals surface area contributed by atoms with Gasteiger partial charge in [-0.3, -0.25) is 9.78 Å². The van der Waals surface area contributed by atoms with Crippen LogP contribution >= 0.6 is 0 Å². The smallest absolute Gasteiger partial charge is 0.225 e. The first kappa shape index (κ1) is 13.4. The lowest BCUT2D eigenvalue weighted by Crippen LogP contribution is -2.24. The van der Waals surface area contributed by atoms with Crippen LogP contribution in [0.4, 0.5) is 5.69 Å². The monoisotopic (exact) mass is 284 g/mol. The SMILES string of the molecule is COc1cc2c(c(OC)c1)[C@H](c1ccncc1)CC(=O)N2. The normalized spacial score (nSPS) is 16.9. The van der Waals surface area contributed by atoms with E-state index in [9.17, 15) is 4.79 Å². The van der Waals surface area contributed by atoms with Crippen LogP contribution in [0.1, 0.15) is 23.5 Å². The third-order valence-electron chi connectivity index (χ3n) is 3.69. The van der Waals surface area contributed by atoms with Crippen molar-refractivity contribution in [2.75, 3.05) is 19.5 Å². The van der Waals surface area contributed by atoms with Crippen molar-refractivity contribution in [3.63, 3.8) is 0 Å². The number of ether oxygens (including phenoxy) is 2. The summed E-state index contributed by atoms with van der Waals surface area (Å²) in [5.74, 6) is 1.31. The van der Waals surface area contributed by atoms with E-state index < -0.39 is 0 Å². The molecular weight excluding hydrogens is 268 g/mol. The van der Waals surface area contributed by atoms with E-state index >= 15 is 0 Å². The fourth-order valence-electron chi connectivity index (χ4n) is 2.72. The zero-order valence-corrected chi connectivity index (χ0v) is 11.9. The molecule has 1 aromatic heterocycles. The maximum atomic E-state index is 12.0. The topological polar surface area (TPSA) is 60.5 Å². The van der Waals surface area contributed by atoms with Crippen molar-refractivity contribution in [3.05, 3.63) is 47.8 Å². The van der Waals surface area contributed by atoms with Gasteiger partial charge in [-0.2, -0.15) is 0 Å². The van der Waals surface area contributed by atoms with Crippen LogP contribution < -0.4 is 14.8 Å². The summed E-state index contributed by atoms with van der Waals surface area (Å²) in [6.45, 7) is 0. The average Bonchev–Trinajstić information content (AvgIpc) is 2.53. The number of nitrogens with one attached hydrogen (secondary N) is 1. The van der Waals surface area contributed by atoms with Gasteiger partial charge in [0.15, 0.2) is 0 Å². The molecule has 108 valence electrons. The van der Waals surface area contributed by atoms with Crippen molar-refractivity contribution in [1.82, 2.24) is 4.98 Å². The van der Waals surface area contributed by atoms with E-state index in [0.717, 1.165) is 16.8 Å². The molecule has 0 fully saturated rings. The minimum atomic E-state index is -0.0439. The summed E-state index contributed by atoms with van der Waals surface area (Å²) < 4.78 is 10.8. The number of fused-ring (bicyclic) bond motifs is 1. The highest BCUT2D eigenvalue weighted by Gasteiger charge is 2.30. The summed E-state index contributed by atoms with van der Waals surface area (Å²) in [5.41, 5.74) is 2.76. The Morgan fingerprint density at radius 2 is 1.95 bits per heavy atom. The zero-order chi connectivity index (χ0) is 14.8. The second-order valence-corrected chi connectivity index (χ2v) is 4.88. The Morgan fingerprint density at radius 1 is 1.19 bits per heavy atom. The fraction of sp³-hybridized carbons (Fsp3) is 0.250. The molecule has 0 unspecified atom stereocenters. The summed E-state index contributed by atoms with van der Waals surface area (Å²) in [4.78, 5) is 16.0. The van der Waals surface area contributed by atoms with Gasteiger partial charge in [0.05, 0.1) is 19.9 Å². The molecule has 1 aromatic carbocycles. The molecule has 5 nitrogen and oxygen atoms in total. The summed E-state index contributed by atoms with van der Waals surface area (Å²) in [6, 6.07) is 7.51. The summed E-state index contributed by atoms with van der Waals surface area (Å²) in [7, 11) is 3.21. The van der Waals surface area contributed by atoms with Gasteiger partial charge in [0.1, 0.15) is 11.5 Å². The van der Waals surface area contributed by atoms with Gasteiger partial charge < -0.3 is 14.8 Å². The lowest BCUT2D eigenvalue weighted by Gasteiger charge is -2.28. The first-order valence-corrected chi connectivity index (χ1v) is 6.68. The Hall–Kier alpha value is -2.56. The molecule has 1 atom stereocenters. The highest BCUT2D eigenvalue weighted by Crippen LogP contribution is 2.44. The molecule has 2 aromatic rings. The number of anilines is 1. The number of rotatable bonds is 3. The minimum Gasteiger partial charge on any atom is -0.497 e. The van der Waals surface area contributed by atoms with Crippen LogP contribution in [-0.4, -0.2) is 25.1 Å². The van der Waals surface area contributed by atoms with Crippen LogP contribution in [0.2, 0.25) is 0 Å². The molecule has 0 saturated carbocycles. The van der Waals surface area contributed by atoms with E-state index in [-0.39, 0.29) is 11.8 Å². The van der Waals surface area contributed by atoms with Gasteiger partial charge in [0, 0.05) is 42.4 Å². The Kier molecular flexibility index (Phi) is 3.48. The summed E-state index contributed by atoms with van der Waals surface area (Å²) in [6.07, 6.45) is 3.86. The number of amides is 1. The predicted octanol–water partition coefficient (Wildman–Crippen LogP) is 2.57. The number of hydrogen-bond acceptors (Lipinski definition) is 4. The van der Waals surface area contributed by atoms with Crippen molar-refractivity contribution in [1.29, 1.82) is 0 Å². The molecule has 2 heterocycles. The van der Waals surface area contributed by atoms with Crippen LogP contribution in [-0.2, 0) is 4.79 Å². The van der Waals surface area contributed by atoms with Crippen LogP contribution in [0.5, 0.6) is 11.5 Å². The first-order chi connectivity index (χ1) is 10.2. The van der Waals surface area contributed by atoms with Gasteiger partial charge in [0.2, 0.25) is 5.91 Å². The quantitative estimate of drug-likeness (QED) is 0.941. The van der Waals surface area contributed by atoms with Crippen molar-refractivity contribution in [2.45, 2.75) is 12.3 Å². The van der Waals surface area contributed by atoms with Crippen LogP contribution in [0.15, 0.2) is 36.7 Å². The average molecular weight is 284 g/mol. The van der Waals surface area contributed by atoms with Gasteiger partial charge in [0.25, 0.3) is 0 Å². The van der Waals surface area contributed by atoms with Crippen LogP contribution in [0, 0.1) is 0 Å². The van der Waals surface area contributed by atoms with E-state index in [4.69, 9.17) is 9.47 Å². The van der Waals surface area contributed by atoms with Gasteiger partial charge >= 0.3 is 0 Å². The largest absolute Gasteiger partial charge is 0.497 e. The van der Waals surface area contributed by atoms with Gasteiger partial charge in [-0.05, 0) is 17.7 Å². The second-order valence-electron chi connectivity index (χ2n) is 4.88. The van der Waals surface area contributed by atoms with Crippen LogP contribution in [0.25, 0.3) is 0 Å². The summed E-state index contributed by atoms with van der Waals surface area (Å²) in [5, 5.41) is 2.89. The van der Waals surface area contributed by atoms with E-state index in [1.807, 2.05) is 24.3 Å². The Morgan fingerprint density at radius 3 is 2.62 bits per heavy atom. The lowest BCUT2D eigenvalue weighted by atomic mass is 9.84. The number of hydrogen-bond donors (Lipinski definition) is 1. The Balaban J connectivity index is 2.17. The highest BCUT2D eigenvalue weighted by molar-refractivity contribution is 5.96. The van der Waals surface area contributed by atoms with Gasteiger partial charge in [-0.25, -0.2) is 0 Å². The third kappa shape index (κ3) is 2.42. The van der Waals surface area contributed by atoms with E-state index in [2.05, 4.69) is 10.3 Å². The number of methoxy groups -OCH3 is 2. The molecule has 0 aliphatic carbocycles. The molecule has 0 bridgehead atoms. The molecule has 0 saturated heterocycles. The molecule has 5 heteroatoms. The molecule has 1 amide bonds. The number of nitrogens with zero attached hydrogens (tertiary/aromatic N) is 1. The second kappa shape index (κ2) is 5.44. The molecule has 1 aliphatic rings. The fourth-order valence-corrected chi connectivity index (χ4v) is 2.72. The highest BCUT2D eigenvalue weighted by atomic mass is 16.5. The first-order valence-electron chi connectivity index (χ1n) is 6.68. The van der Waals surface area contributed by atoms with E-state index in [0.29, 0.717) is 17.9 Å². The van der Waals surface area contributed by atoms with Crippen molar-refractivity contribution in [3.8, 4) is 11.5 Å².